The Bertz CT molecular complexity index is 499. The van der Waals surface area contributed by atoms with Crippen LogP contribution in [0.2, 0.25) is 0 Å². The van der Waals surface area contributed by atoms with Crippen molar-refractivity contribution in [1.29, 1.82) is 0 Å². The summed E-state index contributed by atoms with van der Waals surface area (Å²) in [7, 11) is 1.47. The fourth-order valence-corrected chi connectivity index (χ4v) is 2.74. The zero-order valence-corrected chi connectivity index (χ0v) is 13.2. The van der Waals surface area contributed by atoms with Gasteiger partial charge in [-0.25, -0.2) is 4.39 Å². The lowest BCUT2D eigenvalue weighted by molar-refractivity contribution is 0.0570. The molecule has 21 heavy (non-hydrogen) atoms. The van der Waals surface area contributed by atoms with Crippen molar-refractivity contribution in [3.8, 4) is 5.75 Å². The van der Waals surface area contributed by atoms with Gasteiger partial charge in [-0.2, -0.15) is 0 Å². The molecule has 2 unspecified atom stereocenters. The number of nitrogens with two attached hydrogens (primary N) is 1. The van der Waals surface area contributed by atoms with Gasteiger partial charge in [0.15, 0.2) is 0 Å². The fourth-order valence-electron chi connectivity index (χ4n) is 2.74. The number of rotatable bonds is 3. The van der Waals surface area contributed by atoms with Gasteiger partial charge < -0.3 is 15.4 Å². The Kier molecular flexibility index (Phi) is 6.42. The highest BCUT2D eigenvalue weighted by Crippen LogP contribution is 2.27. The molecule has 4 nitrogen and oxygen atoms in total. The Hall–Kier alpha value is -1.33. The third kappa shape index (κ3) is 3.86. The highest BCUT2D eigenvalue weighted by molar-refractivity contribution is 5.97. The number of piperidine rings is 1. The molecule has 0 spiro atoms. The first-order chi connectivity index (χ1) is 9.56. The summed E-state index contributed by atoms with van der Waals surface area (Å²) in [5, 5.41) is 0. The fraction of sp³-hybridized carbons (Fsp3) is 0.533. The first-order valence-electron chi connectivity index (χ1n) is 6.91. The molecule has 1 saturated heterocycles. The molecule has 0 aromatic heterocycles. The van der Waals surface area contributed by atoms with Gasteiger partial charge in [0.05, 0.1) is 12.7 Å². The van der Waals surface area contributed by atoms with E-state index in [1.54, 1.807) is 4.90 Å². The third-order valence-corrected chi connectivity index (χ3v) is 3.90. The summed E-state index contributed by atoms with van der Waals surface area (Å²) in [4.78, 5) is 14.4. The van der Waals surface area contributed by atoms with Crippen LogP contribution in [-0.4, -0.2) is 37.0 Å². The number of likely N-dealkylation sites (tertiary alicyclic amines) is 1. The third-order valence-electron chi connectivity index (χ3n) is 3.90. The molecule has 2 N–H and O–H groups in total. The number of nitrogens with zero attached hydrogens (tertiary/aromatic N) is 1. The van der Waals surface area contributed by atoms with E-state index in [-0.39, 0.29) is 29.9 Å². The van der Waals surface area contributed by atoms with Crippen molar-refractivity contribution < 1.29 is 13.9 Å². The minimum Gasteiger partial charge on any atom is -0.496 e. The summed E-state index contributed by atoms with van der Waals surface area (Å²) < 4.78 is 18.6. The first kappa shape index (κ1) is 17.7. The Labute approximate surface area is 130 Å². The summed E-state index contributed by atoms with van der Waals surface area (Å²) >= 11 is 0. The largest absolute Gasteiger partial charge is 0.496 e. The zero-order valence-electron chi connectivity index (χ0n) is 12.3. The molecule has 118 valence electrons. The maximum Gasteiger partial charge on any atom is 0.258 e. The van der Waals surface area contributed by atoms with Gasteiger partial charge >= 0.3 is 0 Å². The van der Waals surface area contributed by atoms with Crippen molar-refractivity contribution in [3.63, 3.8) is 0 Å². The number of amides is 1. The normalized spacial score (nSPS) is 21.6. The molecule has 0 saturated carbocycles. The van der Waals surface area contributed by atoms with Crippen LogP contribution in [0.1, 0.15) is 30.1 Å². The molecule has 1 heterocycles. The van der Waals surface area contributed by atoms with Crippen LogP contribution in [-0.2, 0) is 0 Å². The Morgan fingerprint density at radius 2 is 2.24 bits per heavy atom. The van der Waals surface area contributed by atoms with Gasteiger partial charge in [-0.3, -0.25) is 4.79 Å². The second-order valence-corrected chi connectivity index (χ2v) is 5.36. The highest BCUT2D eigenvalue weighted by atomic mass is 35.5. The number of carbonyl (C=O) groups excluding carboxylic acids is 1. The number of benzene rings is 1. The predicted molar refractivity (Wildman–Crippen MR) is 82.5 cm³/mol. The molecule has 1 aliphatic heterocycles. The average molecular weight is 317 g/mol. The van der Waals surface area contributed by atoms with Crippen LogP contribution in [0.15, 0.2) is 18.2 Å². The highest BCUT2D eigenvalue weighted by Gasteiger charge is 2.31. The van der Waals surface area contributed by atoms with E-state index in [0.29, 0.717) is 24.8 Å². The van der Waals surface area contributed by atoms with Gasteiger partial charge in [0.2, 0.25) is 0 Å². The smallest absolute Gasteiger partial charge is 0.258 e. The van der Waals surface area contributed by atoms with Crippen LogP contribution >= 0.6 is 12.4 Å². The van der Waals surface area contributed by atoms with E-state index in [1.165, 1.54) is 25.3 Å². The van der Waals surface area contributed by atoms with Crippen LogP contribution in [0.3, 0.4) is 0 Å². The Morgan fingerprint density at radius 3 is 2.86 bits per heavy atom. The van der Waals surface area contributed by atoms with Crippen molar-refractivity contribution in [2.24, 2.45) is 11.7 Å². The second kappa shape index (κ2) is 7.61. The predicted octanol–water partition coefficient (Wildman–Crippen LogP) is 2.46. The molecule has 0 bridgehead atoms. The number of hydrogen-bond donors (Lipinski definition) is 1. The monoisotopic (exact) mass is 316 g/mol. The van der Waals surface area contributed by atoms with Gasteiger partial charge in [-0.05, 0) is 37.0 Å². The van der Waals surface area contributed by atoms with E-state index in [1.807, 2.05) is 0 Å². The molecule has 1 aromatic rings. The van der Waals surface area contributed by atoms with Gasteiger partial charge in [-0.15, -0.1) is 12.4 Å². The molecule has 0 aliphatic carbocycles. The molecule has 0 radical (unpaired) electrons. The van der Waals surface area contributed by atoms with E-state index in [4.69, 9.17) is 10.5 Å². The van der Waals surface area contributed by atoms with Crippen molar-refractivity contribution in [2.45, 2.75) is 25.8 Å². The van der Waals surface area contributed by atoms with Crippen LogP contribution in [0.4, 0.5) is 4.39 Å². The summed E-state index contributed by atoms with van der Waals surface area (Å²) in [6, 6.07) is 4.01. The van der Waals surface area contributed by atoms with E-state index in [9.17, 15) is 9.18 Å². The lowest BCUT2D eigenvalue weighted by Gasteiger charge is -2.38. The number of ether oxygens (including phenoxy) is 1. The topological polar surface area (TPSA) is 55.6 Å². The summed E-state index contributed by atoms with van der Waals surface area (Å²) in [5.74, 6) is 0.306. The lowest BCUT2D eigenvalue weighted by Crippen LogP contribution is -2.49. The van der Waals surface area contributed by atoms with Crippen molar-refractivity contribution in [1.82, 2.24) is 4.90 Å². The van der Waals surface area contributed by atoms with Gasteiger partial charge in [0, 0.05) is 19.1 Å². The zero-order chi connectivity index (χ0) is 14.7. The average Bonchev–Trinajstić information content (AvgIpc) is 2.46. The van der Waals surface area contributed by atoms with E-state index in [2.05, 4.69) is 6.92 Å². The summed E-state index contributed by atoms with van der Waals surface area (Å²) in [5.41, 5.74) is 6.04. The molecule has 1 fully saturated rings. The van der Waals surface area contributed by atoms with Gasteiger partial charge in [-0.1, -0.05) is 6.92 Å². The lowest BCUT2D eigenvalue weighted by atomic mass is 9.92. The minimum atomic E-state index is -0.441. The molecular formula is C15H22ClFN2O2. The van der Waals surface area contributed by atoms with Crippen molar-refractivity contribution in [2.75, 3.05) is 20.2 Å². The van der Waals surface area contributed by atoms with Crippen molar-refractivity contribution in [3.05, 3.63) is 29.6 Å². The number of halogens is 2. The number of carbonyl (C=O) groups is 1. The van der Waals surface area contributed by atoms with Crippen LogP contribution in [0.5, 0.6) is 5.75 Å². The van der Waals surface area contributed by atoms with Crippen LogP contribution in [0.25, 0.3) is 0 Å². The van der Waals surface area contributed by atoms with E-state index in [0.717, 1.165) is 12.8 Å². The quantitative estimate of drug-likeness (QED) is 0.932. The molecular weight excluding hydrogens is 295 g/mol. The van der Waals surface area contributed by atoms with E-state index >= 15 is 0 Å². The molecule has 2 rings (SSSR count). The Morgan fingerprint density at radius 1 is 1.52 bits per heavy atom. The standard InChI is InChI=1S/C15H21FN2O2.ClH/c1-10-5-6-18(12(7-10)9-17)15(19)13-8-11(16)3-4-14(13)20-2;/h3-4,8,10,12H,5-7,9,17H2,1-2H3;1H. The summed E-state index contributed by atoms with van der Waals surface area (Å²) in [6.07, 6.45) is 1.83. The number of hydrogen-bond acceptors (Lipinski definition) is 3. The van der Waals surface area contributed by atoms with Gasteiger partial charge in [0.1, 0.15) is 11.6 Å². The van der Waals surface area contributed by atoms with Gasteiger partial charge in [0.25, 0.3) is 5.91 Å². The van der Waals surface area contributed by atoms with E-state index < -0.39 is 5.82 Å². The van der Waals surface area contributed by atoms with Crippen molar-refractivity contribution >= 4 is 18.3 Å². The Balaban J connectivity index is 0.00000220. The maximum absolute atomic E-state index is 13.4. The number of methoxy groups -OCH3 is 1. The second-order valence-electron chi connectivity index (χ2n) is 5.36. The molecule has 1 amide bonds. The summed E-state index contributed by atoms with van der Waals surface area (Å²) in [6.45, 7) is 3.24. The molecule has 6 heteroatoms. The molecule has 1 aliphatic rings. The molecule has 1 aromatic carbocycles. The van der Waals surface area contributed by atoms with Crippen LogP contribution in [0, 0.1) is 11.7 Å². The SMILES string of the molecule is COc1ccc(F)cc1C(=O)N1CCC(C)CC1CN.Cl. The van der Waals surface area contributed by atoms with Crippen LogP contribution < -0.4 is 10.5 Å². The first-order valence-corrected chi connectivity index (χ1v) is 6.91. The maximum atomic E-state index is 13.4. The minimum absolute atomic E-state index is 0. The molecule has 2 atom stereocenters.